The van der Waals surface area contributed by atoms with Gasteiger partial charge in [0, 0.05) is 15.1 Å². The highest BCUT2D eigenvalue weighted by Gasteiger charge is 2.01. The average molecular weight is 316 g/mol. The molecule has 0 bridgehead atoms. The molecule has 0 aliphatic rings. The Labute approximate surface area is 111 Å². The van der Waals surface area contributed by atoms with Crippen LogP contribution >= 0.6 is 39.3 Å². The topological polar surface area (TPSA) is 38.9 Å². The molecule has 1 aromatic heterocycles. The summed E-state index contributed by atoms with van der Waals surface area (Å²) >= 11 is 10.7. The summed E-state index contributed by atoms with van der Waals surface area (Å²) in [6.45, 7) is 0. The Kier molecular flexibility index (Phi) is 3.74. The van der Waals surface area contributed by atoms with Gasteiger partial charge in [0.05, 0.1) is 0 Å². The highest BCUT2D eigenvalue weighted by atomic mass is 79.9. The van der Waals surface area contributed by atoms with Crippen molar-refractivity contribution in [3.05, 3.63) is 46.0 Å². The lowest BCUT2D eigenvalue weighted by Crippen LogP contribution is -1.88. The van der Waals surface area contributed by atoms with E-state index in [0.29, 0.717) is 10.8 Å². The van der Waals surface area contributed by atoms with Crippen LogP contribution in [0.5, 0.6) is 0 Å². The van der Waals surface area contributed by atoms with E-state index < -0.39 is 0 Å². The molecule has 2 nitrogen and oxygen atoms in total. The lowest BCUT2D eigenvalue weighted by Gasteiger charge is -2.03. The molecule has 82 valence electrons. The average Bonchev–Trinajstić information content (AvgIpc) is 2.20. The summed E-state index contributed by atoms with van der Waals surface area (Å²) in [7, 11) is 0. The molecule has 0 atom stereocenters. The van der Waals surface area contributed by atoms with Crippen molar-refractivity contribution in [2.45, 2.75) is 9.92 Å². The normalized spacial score (nSPS) is 10.4. The van der Waals surface area contributed by atoms with Crippen molar-refractivity contribution in [2.75, 3.05) is 5.73 Å². The predicted octanol–water partition coefficient (Wildman–Crippen LogP) is 4.23. The second kappa shape index (κ2) is 5.08. The molecular weight excluding hydrogens is 308 g/mol. The van der Waals surface area contributed by atoms with Gasteiger partial charge < -0.3 is 5.73 Å². The van der Waals surface area contributed by atoms with E-state index in [4.69, 9.17) is 17.3 Å². The Hall–Kier alpha value is -0.710. The van der Waals surface area contributed by atoms with Crippen molar-refractivity contribution < 1.29 is 0 Å². The van der Waals surface area contributed by atoms with Crippen molar-refractivity contribution in [2.24, 2.45) is 0 Å². The number of rotatable bonds is 2. The number of nitrogens with zero attached hydrogens (tertiary/aromatic N) is 1. The molecule has 0 fully saturated rings. The van der Waals surface area contributed by atoms with Gasteiger partial charge in [0.2, 0.25) is 0 Å². The molecule has 0 spiro atoms. The molecule has 2 rings (SSSR count). The molecule has 1 aromatic carbocycles. The summed E-state index contributed by atoms with van der Waals surface area (Å²) in [5.41, 5.74) is 6.32. The molecule has 0 saturated carbocycles. The second-order valence-electron chi connectivity index (χ2n) is 3.12. The van der Waals surface area contributed by atoms with Crippen molar-refractivity contribution >= 4 is 45.0 Å². The number of aromatic nitrogens is 1. The Bertz CT molecular complexity index is 482. The Balaban J connectivity index is 2.23. The maximum absolute atomic E-state index is 5.83. The molecule has 2 aromatic rings. The molecule has 5 heteroatoms. The van der Waals surface area contributed by atoms with E-state index in [1.807, 2.05) is 24.3 Å². The molecule has 0 saturated heterocycles. The highest BCUT2D eigenvalue weighted by molar-refractivity contribution is 9.10. The molecule has 0 amide bonds. The van der Waals surface area contributed by atoms with E-state index in [2.05, 4.69) is 20.9 Å². The summed E-state index contributed by atoms with van der Waals surface area (Å²) in [6, 6.07) is 11.4. The van der Waals surface area contributed by atoms with Crippen LogP contribution in [0.15, 0.2) is 50.8 Å². The van der Waals surface area contributed by atoms with Gasteiger partial charge in [-0.15, -0.1) is 0 Å². The Morgan fingerprint density at radius 1 is 1.19 bits per heavy atom. The monoisotopic (exact) mass is 314 g/mol. The zero-order chi connectivity index (χ0) is 11.5. The van der Waals surface area contributed by atoms with Crippen molar-refractivity contribution in [3.8, 4) is 0 Å². The van der Waals surface area contributed by atoms with Crippen molar-refractivity contribution in [1.29, 1.82) is 0 Å². The Morgan fingerprint density at radius 3 is 2.50 bits per heavy atom. The van der Waals surface area contributed by atoms with E-state index in [1.165, 1.54) is 11.8 Å². The van der Waals surface area contributed by atoms with Crippen LogP contribution in [0.3, 0.4) is 0 Å². The fourth-order valence-electron chi connectivity index (χ4n) is 1.17. The van der Waals surface area contributed by atoms with Crippen LogP contribution in [0.2, 0.25) is 5.15 Å². The minimum Gasteiger partial charge on any atom is -0.399 e. The number of halogens is 2. The predicted molar refractivity (Wildman–Crippen MR) is 71.9 cm³/mol. The summed E-state index contributed by atoms with van der Waals surface area (Å²) in [6.07, 6.45) is 0. The lowest BCUT2D eigenvalue weighted by molar-refractivity contribution is 1.14. The summed E-state index contributed by atoms with van der Waals surface area (Å²) in [5.74, 6) is 0. The quantitative estimate of drug-likeness (QED) is 0.843. The highest BCUT2D eigenvalue weighted by Crippen LogP contribution is 2.29. The molecule has 2 N–H and O–H groups in total. The van der Waals surface area contributed by atoms with Gasteiger partial charge in [-0.2, -0.15) is 0 Å². The Morgan fingerprint density at radius 2 is 1.88 bits per heavy atom. The minimum absolute atomic E-state index is 0.416. The van der Waals surface area contributed by atoms with Crippen LogP contribution in [0, 0.1) is 0 Å². The third-order valence-electron chi connectivity index (χ3n) is 1.83. The van der Waals surface area contributed by atoms with Crippen LogP contribution < -0.4 is 5.73 Å². The SMILES string of the molecule is Nc1cc(Cl)nc(Sc2ccc(Br)cc2)c1. The fraction of sp³-hybridized carbons (Fsp3) is 0. The first kappa shape index (κ1) is 11.8. The standard InChI is InChI=1S/C11H8BrClN2S/c12-7-1-3-9(4-2-7)16-11-6-8(14)5-10(13)15-11/h1-6H,(H2,14,15). The van der Waals surface area contributed by atoms with Gasteiger partial charge in [0.1, 0.15) is 10.2 Å². The first-order valence-corrected chi connectivity index (χ1v) is 6.49. The van der Waals surface area contributed by atoms with E-state index >= 15 is 0 Å². The molecule has 0 aliphatic carbocycles. The number of pyridine rings is 1. The van der Waals surface area contributed by atoms with E-state index in [0.717, 1.165) is 14.4 Å². The molecule has 16 heavy (non-hydrogen) atoms. The van der Waals surface area contributed by atoms with Crippen LogP contribution in [0.25, 0.3) is 0 Å². The number of benzene rings is 1. The number of nitrogen functional groups attached to an aromatic ring is 1. The van der Waals surface area contributed by atoms with E-state index in [9.17, 15) is 0 Å². The van der Waals surface area contributed by atoms with Gasteiger partial charge in [-0.05, 0) is 36.4 Å². The molecule has 0 radical (unpaired) electrons. The van der Waals surface area contributed by atoms with Gasteiger partial charge in [-0.3, -0.25) is 0 Å². The first-order chi connectivity index (χ1) is 7.63. The number of hydrogen-bond acceptors (Lipinski definition) is 3. The van der Waals surface area contributed by atoms with Crippen molar-refractivity contribution in [1.82, 2.24) is 4.98 Å². The minimum atomic E-state index is 0.416. The number of nitrogens with two attached hydrogens (primary N) is 1. The first-order valence-electron chi connectivity index (χ1n) is 4.50. The number of hydrogen-bond donors (Lipinski definition) is 1. The summed E-state index contributed by atoms with van der Waals surface area (Å²) in [4.78, 5) is 5.28. The maximum Gasteiger partial charge on any atom is 0.132 e. The van der Waals surface area contributed by atoms with Gasteiger partial charge in [0.25, 0.3) is 0 Å². The van der Waals surface area contributed by atoms with Crippen molar-refractivity contribution in [3.63, 3.8) is 0 Å². The van der Waals surface area contributed by atoms with Gasteiger partial charge in [0.15, 0.2) is 0 Å². The fourth-order valence-corrected chi connectivity index (χ4v) is 2.55. The van der Waals surface area contributed by atoms with Crippen LogP contribution in [-0.2, 0) is 0 Å². The maximum atomic E-state index is 5.83. The number of anilines is 1. The summed E-state index contributed by atoms with van der Waals surface area (Å²) in [5, 5.41) is 1.21. The van der Waals surface area contributed by atoms with Gasteiger partial charge in [-0.1, -0.05) is 39.3 Å². The molecular formula is C11H8BrClN2S. The second-order valence-corrected chi connectivity index (χ2v) is 5.51. The van der Waals surface area contributed by atoms with Crippen LogP contribution in [-0.4, -0.2) is 4.98 Å². The molecule has 0 aliphatic heterocycles. The molecule has 0 unspecified atom stereocenters. The smallest absolute Gasteiger partial charge is 0.132 e. The van der Waals surface area contributed by atoms with Gasteiger partial charge in [-0.25, -0.2) is 4.98 Å². The summed E-state index contributed by atoms with van der Waals surface area (Å²) < 4.78 is 1.05. The molecule has 1 heterocycles. The van der Waals surface area contributed by atoms with Crippen LogP contribution in [0.4, 0.5) is 5.69 Å². The zero-order valence-electron chi connectivity index (χ0n) is 8.15. The van der Waals surface area contributed by atoms with E-state index in [-0.39, 0.29) is 0 Å². The van der Waals surface area contributed by atoms with E-state index in [1.54, 1.807) is 12.1 Å². The third-order valence-corrected chi connectivity index (χ3v) is 3.48. The third kappa shape index (κ3) is 3.14. The zero-order valence-corrected chi connectivity index (χ0v) is 11.3. The lowest BCUT2D eigenvalue weighted by atomic mass is 10.4. The van der Waals surface area contributed by atoms with Gasteiger partial charge >= 0.3 is 0 Å². The largest absolute Gasteiger partial charge is 0.399 e. The van der Waals surface area contributed by atoms with Crippen LogP contribution in [0.1, 0.15) is 0 Å².